The molecule has 74 valence electrons. The second-order valence-corrected chi connectivity index (χ2v) is 1.00. The van der Waals surface area contributed by atoms with Crippen LogP contribution in [0.5, 0.6) is 0 Å². The zero-order chi connectivity index (χ0) is 3.54. The molecule has 0 heterocycles. The second-order valence-electron chi connectivity index (χ2n) is 1.00. The Hall–Kier alpha value is 1.06. The van der Waals surface area contributed by atoms with Gasteiger partial charge in [0, 0.05) is 0 Å². The molecule has 0 aliphatic heterocycles. The summed E-state index contributed by atoms with van der Waals surface area (Å²) >= 11 is 0. The van der Waals surface area contributed by atoms with Gasteiger partial charge < -0.3 is 22.3 Å². The molecular formula is C8H17Cl3Ti. The Morgan fingerprint density at radius 1 is 0.917 bits per heavy atom. The Kier molecular flexibility index (Phi) is 173. The molecule has 0 atom stereocenters. The van der Waals surface area contributed by atoms with E-state index in [1.807, 2.05) is 12.2 Å². The summed E-state index contributed by atoms with van der Waals surface area (Å²) < 4.78 is 0. The maximum Gasteiger partial charge on any atom is 4.00 e. The van der Waals surface area contributed by atoms with Crippen LogP contribution in [0.3, 0.4) is 0 Å². The van der Waals surface area contributed by atoms with E-state index < -0.39 is 0 Å². The van der Waals surface area contributed by atoms with Gasteiger partial charge >= 0.3 is 21.7 Å². The Balaban J connectivity index is -0.00000000714. The predicted octanol–water partition coefficient (Wildman–Crippen LogP) is 3.92. The largest absolute Gasteiger partial charge is 4.00 e. The molecule has 0 aromatic carbocycles. The van der Waals surface area contributed by atoms with Crippen LogP contribution in [0.15, 0.2) is 18.2 Å². The molecule has 0 spiro atoms. The van der Waals surface area contributed by atoms with Crippen molar-refractivity contribution in [3.63, 3.8) is 0 Å². The van der Waals surface area contributed by atoms with Crippen molar-refractivity contribution in [2.75, 3.05) is 0 Å². The first-order valence-corrected chi connectivity index (χ1v) is 1.72. The first-order valence-electron chi connectivity index (χ1n) is 1.72. The summed E-state index contributed by atoms with van der Waals surface area (Å²) in [6.45, 7) is 0. The summed E-state index contributed by atoms with van der Waals surface area (Å²) in [4.78, 5) is 0. The third-order valence-corrected chi connectivity index (χ3v) is 0.586. The molecule has 1 aliphatic rings. The fourth-order valence-corrected chi connectivity index (χ4v) is 0.340. The number of allylic oxidation sites excluding steroid dienone is 4. The first-order chi connectivity index (χ1) is 2.50. The Morgan fingerprint density at radius 2 is 1.33 bits per heavy atom. The van der Waals surface area contributed by atoms with Gasteiger partial charge in [-0.3, -0.25) is 6.08 Å². The Bertz CT molecular complexity index is 72.4. The molecule has 1 rings (SSSR count). The van der Waals surface area contributed by atoms with E-state index >= 15 is 0 Å². The van der Waals surface area contributed by atoms with Gasteiger partial charge in [-0.15, -0.1) is 43.6 Å². The van der Waals surface area contributed by atoms with Crippen LogP contribution < -0.4 is 0 Å². The molecule has 0 radical (unpaired) electrons. The van der Waals surface area contributed by atoms with Crippen molar-refractivity contribution in [2.45, 2.75) is 6.42 Å². The summed E-state index contributed by atoms with van der Waals surface area (Å²) in [5.74, 6) is 0. The molecule has 0 saturated heterocycles. The van der Waals surface area contributed by atoms with Crippen molar-refractivity contribution in [2.24, 2.45) is 0 Å². The molecule has 0 bridgehead atoms. The summed E-state index contributed by atoms with van der Waals surface area (Å²) in [7, 11) is 0. The van der Waals surface area contributed by atoms with Gasteiger partial charge in [0.05, 0.1) is 0 Å². The van der Waals surface area contributed by atoms with E-state index in [1.54, 1.807) is 0 Å². The van der Waals surface area contributed by atoms with Gasteiger partial charge in [0.25, 0.3) is 0 Å². The maximum absolute atomic E-state index is 2.99. The molecular weight excluding hydrogens is 250 g/mol. The molecule has 0 N–H and O–H groups in total. The van der Waals surface area contributed by atoms with E-state index in [9.17, 15) is 0 Å². The molecule has 0 saturated carbocycles. The number of halogens is 3. The van der Waals surface area contributed by atoms with Gasteiger partial charge in [0.2, 0.25) is 0 Å². The first kappa shape index (κ1) is 51.7. The number of rotatable bonds is 0. The van der Waals surface area contributed by atoms with Crippen LogP contribution in [0.1, 0.15) is 6.42 Å². The number of hydrogen-bond acceptors (Lipinski definition) is 0. The van der Waals surface area contributed by atoms with E-state index in [1.165, 1.54) is 0 Å². The minimum atomic E-state index is 0. The minimum absolute atomic E-state index is 0. The normalized spacial score (nSPS) is 7.33. The SMILES string of the molecule is Cl.Cl.Cl.[C-]1=CC=CC1.[CH3-].[CH3-].[CH3-].[Ti+4]. The van der Waals surface area contributed by atoms with Gasteiger partial charge in [-0.2, -0.15) is 6.08 Å². The Labute approximate surface area is 111 Å². The minimum Gasteiger partial charge on any atom is -0.358 e. The van der Waals surface area contributed by atoms with Crippen molar-refractivity contribution in [1.29, 1.82) is 0 Å². The van der Waals surface area contributed by atoms with Crippen molar-refractivity contribution in [1.82, 2.24) is 0 Å². The van der Waals surface area contributed by atoms with E-state index in [0.717, 1.165) is 6.42 Å². The zero-order valence-electron chi connectivity index (χ0n) is 7.66. The van der Waals surface area contributed by atoms with Gasteiger partial charge in [0.15, 0.2) is 0 Å². The van der Waals surface area contributed by atoms with Gasteiger partial charge in [-0.25, -0.2) is 12.2 Å². The molecule has 0 nitrogen and oxygen atoms in total. The molecule has 4 heteroatoms. The van der Waals surface area contributed by atoms with E-state index in [0.29, 0.717) is 0 Å². The number of hydrogen-bond donors (Lipinski definition) is 0. The molecule has 12 heavy (non-hydrogen) atoms. The summed E-state index contributed by atoms with van der Waals surface area (Å²) in [5.41, 5.74) is 0. The molecule has 0 fully saturated rings. The molecule has 0 unspecified atom stereocenters. The third-order valence-electron chi connectivity index (χ3n) is 0.586. The van der Waals surface area contributed by atoms with Crippen molar-refractivity contribution in [3.8, 4) is 0 Å². The fourth-order valence-electron chi connectivity index (χ4n) is 0.340. The maximum atomic E-state index is 2.99. The van der Waals surface area contributed by atoms with Crippen LogP contribution in [-0.2, 0) is 21.7 Å². The van der Waals surface area contributed by atoms with Crippen LogP contribution in [0.4, 0.5) is 0 Å². The molecule has 0 amide bonds. The second kappa shape index (κ2) is 40.2. The standard InChI is InChI=1S/C5H5.3CH3.3ClH.Ti/c1-2-4-5-3-1;;;;;;;/h1-3H,4H2;3*1H3;3*1H;/q4*-1;;;;+4. The zero-order valence-corrected chi connectivity index (χ0v) is 11.7. The van der Waals surface area contributed by atoms with Gasteiger partial charge in [-0.05, 0) is 0 Å². The van der Waals surface area contributed by atoms with E-state index in [2.05, 4.69) is 12.2 Å². The van der Waals surface area contributed by atoms with Gasteiger partial charge in [0.1, 0.15) is 0 Å². The van der Waals surface area contributed by atoms with Crippen molar-refractivity contribution >= 4 is 37.2 Å². The average Bonchev–Trinajstić information content (AvgIpc) is 1.76. The third kappa shape index (κ3) is 30.5. The van der Waals surface area contributed by atoms with Crippen LogP contribution >= 0.6 is 37.2 Å². The van der Waals surface area contributed by atoms with Gasteiger partial charge in [-0.1, -0.05) is 0 Å². The van der Waals surface area contributed by atoms with E-state index in [-0.39, 0.29) is 81.2 Å². The molecule has 0 aromatic rings. The van der Waals surface area contributed by atoms with Crippen LogP contribution in [-0.4, -0.2) is 0 Å². The smallest absolute Gasteiger partial charge is 0.358 e. The van der Waals surface area contributed by atoms with Crippen molar-refractivity contribution < 1.29 is 21.7 Å². The topological polar surface area (TPSA) is 0 Å². The van der Waals surface area contributed by atoms with Crippen molar-refractivity contribution in [3.05, 3.63) is 46.6 Å². The monoisotopic (exact) mass is 266 g/mol. The Morgan fingerprint density at radius 3 is 1.42 bits per heavy atom. The quantitative estimate of drug-likeness (QED) is 0.461. The summed E-state index contributed by atoms with van der Waals surface area (Å²) in [6.07, 6.45) is 10.0. The van der Waals surface area contributed by atoms with E-state index in [4.69, 9.17) is 0 Å². The summed E-state index contributed by atoms with van der Waals surface area (Å²) in [5, 5.41) is 0. The van der Waals surface area contributed by atoms with Crippen LogP contribution in [0.25, 0.3) is 0 Å². The van der Waals surface area contributed by atoms with Crippen LogP contribution in [0, 0.1) is 28.4 Å². The average molecular weight is 267 g/mol. The molecule has 1 aliphatic carbocycles. The fraction of sp³-hybridized carbons (Fsp3) is 0.125. The molecule has 0 aromatic heterocycles. The summed E-state index contributed by atoms with van der Waals surface area (Å²) in [6, 6.07) is 0. The predicted molar refractivity (Wildman–Crippen MR) is 62.6 cm³/mol. The van der Waals surface area contributed by atoms with Crippen LogP contribution in [0.2, 0.25) is 0 Å².